The van der Waals surface area contributed by atoms with Gasteiger partial charge in [0.25, 0.3) is 5.91 Å². The van der Waals surface area contributed by atoms with Crippen LogP contribution in [0.1, 0.15) is 0 Å². The van der Waals surface area contributed by atoms with Crippen molar-refractivity contribution < 1.29 is 19.0 Å². The van der Waals surface area contributed by atoms with Crippen molar-refractivity contribution in [3.05, 3.63) is 66.7 Å². The molecule has 0 saturated carbocycles. The Bertz CT molecular complexity index is 925. The summed E-state index contributed by atoms with van der Waals surface area (Å²) in [6, 6.07) is 21.4. The molecule has 0 fully saturated rings. The molecule has 1 atom stereocenters. The predicted octanol–water partition coefficient (Wildman–Crippen LogP) is 3.17. The zero-order chi connectivity index (χ0) is 17.8. The molecule has 1 N–H and O–H groups in total. The van der Waals surface area contributed by atoms with Crippen molar-refractivity contribution in [3.8, 4) is 17.2 Å². The van der Waals surface area contributed by atoms with Gasteiger partial charge in [0.2, 0.25) is 6.10 Å². The average Bonchev–Trinajstić information content (AvgIpc) is 2.70. The quantitative estimate of drug-likeness (QED) is 0.719. The number of benzene rings is 3. The maximum absolute atomic E-state index is 12.2. The highest BCUT2D eigenvalue weighted by Gasteiger charge is 2.26. The standard InChI is InChI=1S/C21H19NO4/c23-21(20-14-25-18-7-3-4-8-19(18)26-20)22-11-12-24-17-10-9-15-5-1-2-6-16(15)13-17/h1-10,13,20H,11-12,14H2,(H,22,23)/t20-/m1/s1. The molecule has 1 aliphatic heterocycles. The first-order chi connectivity index (χ1) is 12.8. The van der Waals surface area contributed by atoms with Gasteiger partial charge in [-0.1, -0.05) is 42.5 Å². The van der Waals surface area contributed by atoms with Gasteiger partial charge in [-0.2, -0.15) is 0 Å². The number of rotatable bonds is 5. The Morgan fingerprint density at radius 2 is 1.77 bits per heavy atom. The summed E-state index contributed by atoms with van der Waals surface area (Å²) in [5.74, 6) is 1.83. The molecule has 0 spiro atoms. The molecule has 3 aromatic carbocycles. The summed E-state index contributed by atoms with van der Waals surface area (Å²) in [7, 11) is 0. The minimum atomic E-state index is -0.648. The van der Waals surface area contributed by atoms with Crippen LogP contribution in [0.25, 0.3) is 10.8 Å². The fraction of sp³-hybridized carbons (Fsp3) is 0.190. The fourth-order valence-electron chi connectivity index (χ4n) is 2.86. The van der Waals surface area contributed by atoms with E-state index in [4.69, 9.17) is 14.2 Å². The van der Waals surface area contributed by atoms with Gasteiger partial charge in [0, 0.05) is 0 Å². The molecule has 1 aliphatic rings. The molecule has 0 aliphatic carbocycles. The Hall–Kier alpha value is -3.21. The van der Waals surface area contributed by atoms with Gasteiger partial charge in [-0.3, -0.25) is 4.79 Å². The number of fused-ring (bicyclic) bond motifs is 2. The summed E-state index contributed by atoms with van der Waals surface area (Å²) in [6.45, 7) is 0.982. The van der Waals surface area contributed by atoms with Gasteiger partial charge in [-0.25, -0.2) is 0 Å². The van der Waals surface area contributed by atoms with E-state index in [0.717, 1.165) is 11.1 Å². The van der Waals surface area contributed by atoms with Gasteiger partial charge in [0.15, 0.2) is 11.5 Å². The number of ether oxygens (including phenoxy) is 3. The second-order valence-corrected chi connectivity index (χ2v) is 6.01. The summed E-state index contributed by atoms with van der Waals surface area (Å²) < 4.78 is 17.0. The lowest BCUT2D eigenvalue weighted by molar-refractivity contribution is -0.130. The van der Waals surface area contributed by atoms with Crippen molar-refractivity contribution in [1.82, 2.24) is 5.32 Å². The first-order valence-corrected chi connectivity index (χ1v) is 8.57. The smallest absolute Gasteiger partial charge is 0.264 e. The number of amides is 1. The highest BCUT2D eigenvalue weighted by molar-refractivity contribution is 5.83. The molecule has 3 aromatic rings. The van der Waals surface area contributed by atoms with Crippen LogP contribution in [0, 0.1) is 0 Å². The van der Waals surface area contributed by atoms with Crippen LogP contribution >= 0.6 is 0 Å². The van der Waals surface area contributed by atoms with Gasteiger partial charge >= 0.3 is 0 Å². The topological polar surface area (TPSA) is 56.8 Å². The van der Waals surface area contributed by atoms with Crippen LogP contribution in [0.3, 0.4) is 0 Å². The number of hydrogen-bond acceptors (Lipinski definition) is 4. The molecule has 132 valence electrons. The van der Waals surface area contributed by atoms with Gasteiger partial charge in [-0.15, -0.1) is 0 Å². The lowest BCUT2D eigenvalue weighted by Crippen LogP contribution is -2.45. The van der Waals surface area contributed by atoms with Crippen molar-refractivity contribution in [2.45, 2.75) is 6.10 Å². The van der Waals surface area contributed by atoms with Crippen LogP contribution in [0.2, 0.25) is 0 Å². The minimum Gasteiger partial charge on any atom is -0.492 e. The monoisotopic (exact) mass is 349 g/mol. The third-order valence-corrected chi connectivity index (χ3v) is 4.19. The molecule has 0 saturated heterocycles. The van der Waals surface area contributed by atoms with Crippen LogP contribution in [0.15, 0.2) is 66.7 Å². The van der Waals surface area contributed by atoms with E-state index >= 15 is 0 Å². The van der Waals surface area contributed by atoms with Gasteiger partial charge in [0.05, 0.1) is 6.54 Å². The van der Waals surface area contributed by atoms with Gasteiger partial charge in [-0.05, 0) is 35.0 Å². The SMILES string of the molecule is O=C(NCCOc1ccc2ccccc2c1)[C@H]1COc2ccccc2O1. The van der Waals surface area contributed by atoms with Crippen molar-refractivity contribution in [3.63, 3.8) is 0 Å². The third-order valence-electron chi connectivity index (χ3n) is 4.19. The third kappa shape index (κ3) is 3.57. The lowest BCUT2D eigenvalue weighted by atomic mass is 10.1. The lowest BCUT2D eigenvalue weighted by Gasteiger charge is -2.25. The highest BCUT2D eigenvalue weighted by Crippen LogP contribution is 2.30. The second-order valence-electron chi connectivity index (χ2n) is 6.01. The zero-order valence-electron chi connectivity index (χ0n) is 14.2. The Balaban J connectivity index is 1.26. The normalized spacial score (nSPS) is 15.5. The molecular weight excluding hydrogens is 330 g/mol. The van der Waals surface area contributed by atoms with Crippen LogP contribution in [-0.4, -0.2) is 31.8 Å². The molecule has 26 heavy (non-hydrogen) atoms. The minimum absolute atomic E-state index is 0.203. The van der Waals surface area contributed by atoms with Crippen LogP contribution in [-0.2, 0) is 4.79 Å². The van der Waals surface area contributed by atoms with E-state index in [1.165, 1.54) is 5.39 Å². The summed E-state index contributed by atoms with van der Waals surface area (Å²) in [6.07, 6.45) is -0.648. The van der Waals surface area contributed by atoms with Gasteiger partial charge < -0.3 is 19.5 Å². The van der Waals surface area contributed by atoms with Crippen LogP contribution in [0.4, 0.5) is 0 Å². The number of para-hydroxylation sites is 2. The predicted molar refractivity (Wildman–Crippen MR) is 98.8 cm³/mol. The Morgan fingerprint density at radius 1 is 1.00 bits per heavy atom. The van der Waals surface area contributed by atoms with Gasteiger partial charge in [0.1, 0.15) is 19.0 Å². The number of carbonyl (C=O) groups excluding carboxylic acids is 1. The van der Waals surface area contributed by atoms with E-state index in [9.17, 15) is 4.79 Å². The molecule has 0 radical (unpaired) electrons. The highest BCUT2D eigenvalue weighted by atomic mass is 16.6. The fourth-order valence-corrected chi connectivity index (χ4v) is 2.86. The summed E-state index contributed by atoms with van der Waals surface area (Å²) >= 11 is 0. The maximum Gasteiger partial charge on any atom is 0.264 e. The zero-order valence-corrected chi connectivity index (χ0v) is 14.2. The molecule has 0 bridgehead atoms. The summed E-state index contributed by atoms with van der Waals surface area (Å²) in [5.41, 5.74) is 0. The number of hydrogen-bond donors (Lipinski definition) is 1. The molecular formula is C21H19NO4. The van der Waals surface area contributed by atoms with Crippen molar-refractivity contribution in [1.29, 1.82) is 0 Å². The number of nitrogens with one attached hydrogen (secondary N) is 1. The second kappa shape index (κ2) is 7.35. The molecule has 0 unspecified atom stereocenters. The Morgan fingerprint density at radius 3 is 2.65 bits per heavy atom. The average molecular weight is 349 g/mol. The largest absolute Gasteiger partial charge is 0.492 e. The van der Waals surface area contributed by atoms with Crippen molar-refractivity contribution in [2.24, 2.45) is 0 Å². The molecule has 1 amide bonds. The van der Waals surface area contributed by atoms with E-state index < -0.39 is 6.10 Å². The van der Waals surface area contributed by atoms with Crippen molar-refractivity contribution in [2.75, 3.05) is 19.8 Å². The molecule has 4 rings (SSSR count). The first kappa shape index (κ1) is 16.3. The van der Waals surface area contributed by atoms with E-state index in [1.807, 2.05) is 54.6 Å². The van der Waals surface area contributed by atoms with E-state index in [2.05, 4.69) is 11.4 Å². The van der Waals surface area contributed by atoms with Crippen LogP contribution < -0.4 is 19.5 Å². The van der Waals surface area contributed by atoms with Crippen LogP contribution in [0.5, 0.6) is 17.2 Å². The molecule has 5 nitrogen and oxygen atoms in total. The molecule has 0 aromatic heterocycles. The summed E-state index contributed by atoms with van der Waals surface area (Å²) in [4.78, 5) is 12.2. The Kier molecular flexibility index (Phi) is 4.60. The molecule has 5 heteroatoms. The number of carbonyl (C=O) groups is 1. The van der Waals surface area contributed by atoms with Crippen molar-refractivity contribution >= 4 is 16.7 Å². The first-order valence-electron chi connectivity index (χ1n) is 8.57. The summed E-state index contributed by atoms with van der Waals surface area (Å²) in [5, 5.41) is 5.12. The van der Waals surface area contributed by atoms with E-state index in [-0.39, 0.29) is 12.5 Å². The Labute approximate surface area is 151 Å². The molecule has 1 heterocycles. The van der Waals surface area contributed by atoms with E-state index in [0.29, 0.717) is 24.7 Å². The van der Waals surface area contributed by atoms with E-state index in [1.54, 1.807) is 6.07 Å². The maximum atomic E-state index is 12.2.